The second-order valence-corrected chi connectivity index (χ2v) is 4.98. The van der Waals surface area contributed by atoms with Gasteiger partial charge in [-0.25, -0.2) is 0 Å². The molecule has 1 amide bonds. The van der Waals surface area contributed by atoms with Crippen LogP contribution in [0.1, 0.15) is 23.5 Å². The van der Waals surface area contributed by atoms with Crippen molar-refractivity contribution in [3.8, 4) is 0 Å². The molecule has 5 heteroatoms. The molecule has 0 radical (unpaired) electrons. The fourth-order valence-electron chi connectivity index (χ4n) is 2.17. The average molecular weight is 292 g/mol. The van der Waals surface area contributed by atoms with Crippen molar-refractivity contribution in [1.82, 2.24) is 10.2 Å². The standard InChI is InChI=1S/C12H10BrN3O/c13-8-3-1-2-7(4-8)9-5-11(17)15-12-10(9)6-14-16-12/h1-4,6,9H,5H2,(H2,14,15,16,17)/t9-/m1/s1. The highest BCUT2D eigenvalue weighted by atomic mass is 79.9. The normalized spacial score (nSPS) is 18.6. The van der Waals surface area contributed by atoms with Crippen LogP contribution in [0.25, 0.3) is 0 Å². The first-order valence-electron chi connectivity index (χ1n) is 5.32. The maximum absolute atomic E-state index is 11.6. The third-order valence-corrected chi connectivity index (χ3v) is 3.44. The summed E-state index contributed by atoms with van der Waals surface area (Å²) in [6, 6.07) is 8.03. The molecule has 1 aromatic carbocycles. The van der Waals surface area contributed by atoms with Crippen molar-refractivity contribution in [2.24, 2.45) is 0 Å². The first kappa shape index (κ1) is 10.5. The summed E-state index contributed by atoms with van der Waals surface area (Å²) in [4.78, 5) is 11.6. The highest BCUT2D eigenvalue weighted by molar-refractivity contribution is 9.10. The fourth-order valence-corrected chi connectivity index (χ4v) is 2.58. The number of carbonyl (C=O) groups is 1. The van der Waals surface area contributed by atoms with Crippen molar-refractivity contribution in [2.45, 2.75) is 12.3 Å². The summed E-state index contributed by atoms with van der Waals surface area (Å²) < 4.78 is 1.02. The minimum Gasteiger partial charge on any atom is -0.311 e. The average Bonchev–Trinajstić information content (AvgIpc) is 2.75. The summed E-state index contributed by atoms with van der Waals surface area (Å²) in [5, 5.41) is 9.58. The number of rotatable bonds is 1. The van der Waals surface area contributed by atoms with E-state index in [1.54, 1.807) is 6.20 Å². The van der Waals surface area contributed by atoms with Crippen LogP contribution >= 0.6 is 15.9 Å². The fraction of sp³-hybridized carbons (Fsp3) is 0.167. The lowest BCUT2D eigenvalue weighted by Crippen LogP contribution is -2.22. The molecule has 17 heavy (non-hydrogen) atoms. The molecule has 0 aliphatic carbocycles. The molecule has 0 bridgehead atoms. The van der Waals surface area contributed by atoms with Crippen molar-refractivity contribution in [3.63, 3.8) is 0 Å². The summed E-state index contributed by atoms with van der Waals surface area (Å²) in [7, 11) is 0. The smallest absolute Gasteiger partial charge is 0.226 e. The number of benzene rings is 1. The molecule has 0 saturated heterocycles. The van der Waals surface area contributed by atoms with Crippen molar-refractivity contribution >= 4 is 27.7 Å². The van der Waals surface area contributed by atoms with E-state index in [0.29, 0.717) is 12.2 Å². The number of amides is 1. The van der Waals surface area contributed by atoms with E-state index >= 15 is 0 Å². The van der Waals surface area contributed by atoms with Crippen LogP contribution in [0.3, 0.4) is 0 Å². The predicted octanol–water partition coefficient (Wildman–Crippen LogP) is 2.65. The van der Waals surface area contributed by atoms with Crippen LogP contribution in [0.2, 0.25) is 0 Å². The monoisotopic (exact) mass is 291 g/mol. The van der Waals surface area contributed by atoms with Crippen molar-refractivity contribution in [1.29, 1.82) is 0 Å². The molecular formula is C12H10BrN3O. The number of H-pyrrole nitrogens is 1. The minimum atomic E-state index is 0.0201. The van der Waals surface area contributed by atoms with E-state index < -0.39 is 0 Å². The van der Waals surface area contributed by atoms with Crippen LogP contribution in [0.4, 0.5) is 5.82 Å². The molecule has 0 unspecified atom stereocenters. The first-order valence-corrected chi connectivity index (χ1v) is 6.12. The van der Waals surface area contributed by atoms with Gasteiger partial charge in [-0.15, -0.1) is 0 Å². The maximum atomic E-state index is 11.6. The van der Waals surface area contributed by atoms with Crippen molar-refractivity contribution in [3.05, 3.63) is 46.1 Å². The lowest BCUT2D eigenvalue weighted by atomic mass is 9.87. The number of carbonyl (C=O) groups excluding carboxylic acids is 1. The number of nitrogens with zero attached hydrogens (tertiary/aromatic N) is 1. The van der Waals surface area contributed by atoms with Crippen LogP contribution in [0.5, 0.6) is 0 Å². The molecule has 2 heterocycles. The second kappa shape index (κ2) is 4.00. The van der Waals surface area contributed by atoms with E-state index in [9.17, 15) is 4.79 Å². The first-order chi connectivity index (χ1) is 8.24. The molecule has 1 aliphatic rings. The maximum Gasteiger partial charge on any atom is 0.226 e. The second-order valence-electron chi connectivity index (χ2n) is 4.06. The van der Waals surface area contributed by atoms with E-state index in [2.05, 4.69) is 31.4 Å². The van der Waals surface area contributed by atoms with Crippen LogP contribution in [0, 0.1) is 0 Å². The molecule has 0 saturated carbocycles. The molecule has 86 valence electrons. The Morgan fingerprint density at radius 3 is 3.12 bits per heavy atom. The van der Waals surface area contributed by atoms with Gasteiger partial charge in [-0.1, -0.05) is 28.1 Å². The molecule has 1 aromatic heterocycles. The van der Waals surface area contributed by atoms with Gasteiger partial charge in [0.2, 0.25) is 5.91 Å². The SMILES string of the molecule is O=C1C[C@H](c2cccc(Br)c2)c2cn[nH]c2N1. The Balaban J connectivity index is 2.08. The Labute approximate surface area is 107 Å². The summed E-state index contributed by atoms with van der Waals surface area (Å²) in [5.41, 5.74) is 2.17. The Morgan fingerprint density at radius 1 is 1.41 bits per heavy atom. The third-order valence-electron chi connectivity index (χ3n) is 2.95. The van der Waals surface area contributed by atoms with Crippen LogP contribution < -0.4 is 5.32 Å². The Morgan fingerprint density at radius 2 is 2.29 bits per heavy atom. The quantitative estimate of drug-likeness (QED) is 0.849. The van der Waals surface area contributed by atoms with Gasteiger partial charge in [-0.2, -0.15) is 5.10 Å². The number of aromatic nitrogens is 2. The molecule has 0 fully saturated rings. The Hall–Kier alpha value is -1.62. The minimum absolute atomic E-state index is 0.0201. The van der Waals surface area contributed by atoms with E-state index in [-0.39, 0.29) is 11.8 Å². The van der Waals surface area contributed by atoms with E-state index in [4.69, 9.17) is 0 Å². The van der Waals surface area contributed by atoms with E-state index in [1.165, 1.54) is 0 Å². The summed E-state index contributed by atoms with van der Waals surface area (Å²) >= 11 is 3.45. The van der Waals surface area contributed by atoms with Crippen molar-refractivity contribution < 1.29 is 4.79 Å². The van der Waals surface area contributed by atoms with Gasteiger partial charge in [-0.3, -0.25) is 9.89 Å². The molecular weight excluding hydrogens is 282 g/mol. The Kier molecular flexibility index (Phi) is 2.48. The van der Waals surface area contributed by atoms with Crippen molar-refractivity contribution in [2.75, 3.05) is 5.32 Å². The van der Waals surface area contributed by atoms with Gasteiger partial charge < -0.3 is 5.32 Å². The van der Waals surface area contributed by atoms with Gasteiger partial charge in [0.25, 0.3) is 0 Å². The Bertz CT molecular complexity index is 579. The third kappa shape index (κ3) is 1.86. The number of hydrogen-bond acceptors (Lipinski definition) is 2. The summed E-state index contributed by atoms with van der Waals surface area (Å²) in [6.45, 7) is 0. The number of anilines is 1. The highest BCUT2D eigenvalue weighted by Crippen LogP contribution is 2.36. The molecule has 1 atom stereocenters. The molecule has 3 rings (SSSR count). The molecule has 4 nitrogen and oxygen atoms in total. The molecule has 1 aliphatic heterocycles. The van der Waals surface area contributed by atoms with Gasteiger partial charge >= 0.3 is 0 Å². The molecule has 2 aromatic rings. The van der Waals surface area contributed by atoms with E-state index in [0.717, 1.165) is 15.6 Å². The van der Waals surface area contributed by atoms with Gasteiger partial charge in [0.05, 0.1) is 6.20 Å². The van der Waals surface area contributed by atoms with Crippen LogP contribution in [-0.4, -0.2) is 16.1 Å². The number of hydrogen-bond donors (Lipinski definition) is 2. The zero-order valence-corrected chi connectivity index (χ0v) is 10.5. The lowest BCUT2D eigenvalue weighted by Gasteiger charge is -2.22. The van der Waals surface area contributed by atoms with Gasteiger partial charge in [-0.05, 0) is 17.7 Å². The number of fused-ring (bicyclic) bond motifs is 1. The van der Waals surface area contributed by atoms with Gasteiger partial charge in [0.1, 0.15) is 5.82 Å². The summed E-state index contributed by atoms with van der Waals surface area (Å²) in [5.74, 6) is 0.813. The van der Waals surface area contributed by atoms with Gasteiger partial charge in [0, 0.05) is 22.4 Å². The number of nitrogens with one attached hydrogen (secondary N) is 2. The summed E-state index contributed by atoms with van der Waals surface area (Å²) in [6.07, 6.45) is 2.24. The number of halogens is 1. The predicted molar refractivity (Wildman–Crippen MR) is 67.8 cm³/mol. The lowest BCUT2D eigenvalue weighted by molar-refractivity contribution is -0.116. The topological polar surface area (TPSA) is 57.8 Å². The zero-order chi connectivity index (χ0) is 11.8. The van der Waals surface area contributed by atoms with Gasteiger partial charge in [0.15, 0.2) is 0 Å². The van der Waals surface area contributed by atoms with Crippen LogP contribution in [0.15, 0.2) is 34.9 Å². The zero-order valence-electron chi connectivity index (χ0n) is 8.90. The highest BCUT2D eigenvalue weighted by Gasteiger charge is 2.27. The molecule has 0 spiro atoms. The number of aromatic amines is 1. The van der Waals surface area contributed by atoms with Crippen LogP contribution in [-0.2, 0) is 4.79 Å². The largest absolute Gasteiger partial charge is 0.311 e. The molecule has 2 N–H and O–H groups in total. The van der Waals surface area contributed by atoms with E-state index in [1.807, 2.05) is 24.3 Å².